The highest BCUT2D eigenvalue weighted by Crippen LogP contribution is 2.31. The summed E-state index contributed by atoms with van der Waals surface area (Å²) >= 11 is 0. The average molecular weight is 529 g/mol. The molecule has 0 amide bonds. The molecule has 0 bridgehead atoms. The topological polar surface area (TPSA) is 73.8 Å². The van der Waals surface area contributed by atoms with Gasteiger partial charge in [-0.2, -0.15) is 0 Å². The van der Waals surface area contributed by atoms with Crippen molar-refractivity contribution in [1.82, 2.24) is 14.9 Å². The number of hydrogen-bond donors (Lipinski definition) is 2. The van der Waals surface area contributed by atoms with E-state index in [-0.39, 0.29) is 24.0 Å². The Morgan fingerprint density at radius 2 is 1.71 bits per heavy atom. The Kier molecular flexibility index (Phi) is 11.6. The van der Waals surface area contributed by atoms with Gasteiger partial charge < -0.3 is 10.6 Å². The number of nitrogens with one attached hydrogen (secondary N) is 2. The van der Waals surface area contributed by atoms with Gasteiger partial charge in [0.2, 0.25) is 10.0 Å². The molecule has 8 heteroatoms. The van der Waals surface area contributed by atoms with Crippen molar-refractivity contribution in [3.8, 4) is 0 Å². The molecule has 0 aromatic rings. The molecule has 2 unspecified atom stereocenters. The van der Waals surface area contributed by atoms with Crippen molar-refractivity contribution in [3.63, 3.8) is 0 Å². The monoisotopic (exact) mass is 528 g/mol. The van der Waals surface area contributed by atoms with Crippen LogP contribution in [0.2, 0.25) is 0 Å². The first-order chi connectivity index (χ1) is 12.8. The maximum Gasteiger partial charge on any atom is 0.211 e. The fourth-order valence-corrected chi connectivity index (χ4v) is 5.25. The smallest absolute Gasteiger partial charge is 0.211 e. The van der Waals surface area contributed by atoms with E-state index in [1.165, 1.54) is 38.4 Å². The fourth-order valence-electron chi connectivity index (χ4n) is 4.38. The molecule has 1 saturated carbocycles. The lowest BCUT2D eigenvalue weighted by atomic mass is 9.78. The Morgan fingerprint density at radius 1 is 1.11 bits per heavy atom. The zero-order valence-corrected chi connectivity index (χ0v) is 21.3. The number of sulfonamides is 1. The largest absolute Gasteiger partial charge is 0.357 e. The van der Waals surface area contributed by atoms with E-state index in [1.807, 2.05) is 0 Å². The standard InChI is InChI=1S/C20H40N4O2S.HI/c1-5-21-20(23-17(3)16(2)19-9-7-6-8-10-19)22-15-18-11-13-24(14-12-18)27(4,25)26;/h16-19H,5-15H2,1-4H3,(H2,21,22,23);1H. The SMILES string of the molecule is CCNC(=NCC1CCN(S(C)(=O)=O)CC1)NC(C)C(C)C1CCCCC1.I. The number of nitrogens with zero attached hydrogens (tertiary/aromatic N) is 2. The predicted molar refractivity (Wildman–Crippen MR) is 129 cm³/mol. The predicted octanol–water partition coefficient (Wildman–Crippen LogP) is 3.44. The highest BCUT2D eigenvalue weighted by Gasteiger charge is 2.26. The van der Waals surface area contributed by atoms with Crippen molar-refractivity contribution < 1.29 is 8.42 Å². The van der Waals surface area contributed by atoms with Crippen LogP contribution in [0.15, 0.2) is 4.99 Å². The highest BCUT2D eigenvalue weighted by atomic mass is 127. The molecule has 28 heavy (non-hydrogen) atoms. The molecule has 1 saturated heterocycles. The third kappa shape index (κ3) is 8.34. The van der Waals surface area contributed by atoms with Crippen LogP contribution in [0.4, 0.5) is 0 Å². The van der Waals surface area contributed by atoms with E-state index < -0.39 is 10.0 Å². The molecule has 2 aliphatic rings. The third-order valence-electron chi connectivity index (χ3n) is 6.44. The molecular weight excluding hydrogens is 487 g/mol. The van der Waals surface area contributed by atoms with Gasteiger partial charge in [-0.3, -0.25) is 4.99 Å². The van der Waals surface area contributed by atoms with Crippen molar-refractivity contribution >= 4 is 40.0 Å². The second kappa shape index (κ2) is 12.6. The van der Waals surface area contributed by atoms with Gasteiger partial charge in [-0.1, -0.05) is 39.0 Å². The Bertz CT molecular complexity index is 571. The number of rotatable bonds is 7. The summed E-state index contributed by atoms with van der Waals surface area (Å²) in [6.07, 6.45) is 9.96. The Morgan fingerprint density at radius 3 is 2.25 bits per heavy atom. The minimum atomic E-state index is -3.05. The van der Waals surface area contributed by atoms with Crippen molar-refractivity contribution in [1.29, 1.82) is 0 Å². The zero-order valence-electron chi connectivity index (χ0n) is 18.1. The van der Waals surface area contributed by atoms with E-state index in [9.17, 15) is 8.42 Å². The maximum absolute atomic E-state index is 11.6. The Balaban J connectivity index is 0.00000392. The number of halogens is 1. The van der Waals surface area contributed by atoms with E-state index in [2.05, 4.69) is 31.4 Å². The summed E-state index contributed by atoms with van der Waals surface area (Å²) in [6.45, 7) is 9.60. The van der Waals surface area contributed by atoms with Crippen LogP contribution in [0.25, 0.3) is 0 Å². The van der Waals surface area contributed by atoms with Crippen LogP contribution in [0.1, 0.15) is 65.7 Å². The molecule has 0 spiro atoms. The molecule has 2 fully saturated rings. The molecule has 166 valence electrons. The van der Waals surface area contributed by atoms with Crippen LogP contribution in [0.5, 0.6) is 0 Å². The van der Waals surface area contributed by atoms with E-state index in [1.54, 1.807) is 4.31 Å². The molecule has 1 aliphatic heterocycles. The lowest BCUT2D eigenvalue weighted by Crippen LogP contribution is -2.46. The zero-order chi connectivity index (χ0) is 19.9. The summed E-state index contributed by atoms with van der Waals surface area (Å²) < 4.78 is 24.9. The van der Waals surface area contributed by atoms with Crippen LogP contribution < -0.4 is 10.6 Å². The molecule has 1 aliphatic carbocycles. The Hall–Kier alpha value is -0.0900. The minimum Gasteiger partial charge on any atom is -0.357 e. The van der Waals surface area contributed by atoms with E-state index in [4.69, 9.17) is 4.99 Å². The van der Waals surface area contributed by atoms with Crippen LogP contribution in [-0.4, -0.2) is 57.2 Å². The van der Waals surface area contributed by atoms with Crippen LogP contribution in [0, 0.1) is 17.8 Å². The second-order valence-corrected chi connectivity index (χ2v) is 10.5. The summed E-state index contributed by atoms with van der Waals surface area (Å²) in [5.74, 6) is 2.83. The molecule has 2 rings (SSSR count). The normalized spacial score (nSPS) is 22.9. The summed E-state index contributed by atoms with van der Waals surface area (Å²) in [7, 11) is -3.05. The Labute approximate surface area is 189 Å². The highest BCUT2D eigenvalue weighted by molar-refractivity contribution is 14.0. The summed E-state index contributed by atoms with van der Waals surface area (Å²) in [5, 5.41) is 7.00. The maximum atomic E-state index is 11.6. The number of aliphatic imine (C=N–C) groups is 1. The quantitative estimate of drug-likeness (QED) is 0.302. The van der Waals surface area contributed by atoms with Crippen molar-refractivity contribution in [3.05, 3.63) is 0 Å². The summed E-state index contributed by atoms with van der Waals surface area (Å²) in [6, 6.07) is 0.401. The van der Waals surface area contributed by atoms with Gasteiger partial charge in [-0.05, 0) is 44.4 Å². The van der Waals surface area contributed by atoms with Gasteiger partial charge in [0.15, 0.2) is 5.96 Å². The molecule has 0 aromatic heterocycles. The van der Waals surface area contributed by atoms with Gasteiger partial charge >= 0.3 is 0 Å². The van der Waals surface area contributed by atoms with Crippen molar-refractivity contribution in [2.45, 2.75) is 71.8 Å². The van der Waals surface area contributed by atoms with E-state index >= 15 is 0 Å². The van der Waals surface area contributed by atoms with Crippen molar-refractivity contribution in [2.24, 2.45) is 22.7 Å². The minimum absolute atomic E-state index is 0. The fraction of sp³-hybridized carbons (Fsp3) is 0.950. The lowest BCUT2D eigenvalue weighted by Gasteiger charge is -2.33. The molecular formula is C20H41IN4O2S. The van der Waals surface area contributed by atoms with E-state index in [0.717, 1.165) is 37.8 Å². The van der Waals surface area contributed by atoms with E-state index in [0.29, 0.717) is 31.0 Å². The molecule has 2 N–H and O–H groups in total. The van der Waals surface area contributed by atoms with Gasteiger partial charge in [-0.25, -0.2) is 12.7 Å². The first-order valence-electron chi connectivity index (χ1n) is 10.8. The number of piperidine rings is 1. The molecule has 2 atom stereocenters. The van der Waals surface area contributed by atoms with Gasteiger partial charge in [0.1, 0.15) is 0 Å². The van der Waals surface area contributed by atoms with Gasteiger partial charge in [0.05, 0.1) is 6.26 Å². The van der Waals surface area contributed by atoms with Crippen LogP contribution >= 0.6 is 24.0 Å². The molecule has 0 radical (unpaired) electrons. The summed E-state index contributed by atoms with van der Waals surface area (Å²) in [5.41, 5.74) is 0. The van der Waals surface area contributed by atoms with Crippen LogP contribution in [0.3, 0.4) is 0 Å². The molecule has 6 nitrogen and oxygen atoms in total. The lowest BCUT2D eigenvalue weighted by molar-refractivity contribution is 0.229. The second-order valence-electron chi connectivity index (χ2n) is 8.52. The molecule has 0 aromatic carbocycles. The average Bonchev–Trinajstić information content (AvgIpc) is 2.66. The van der Waals surface area contributed by atoms with Gasteiger partial charge in [0.25, 0.3) is 0 Å². The number of guanidine groups is 1. The molecule has 1 heterocycles. The first-order valence-corrected chi connectivity index (χ1v) is 12.7. The number of hydrogen-bond acceptors (Lipinski definition) is 3. The van der Waals surface area contributed by atoms with Gasteiger partial charge in [-0.15, -0.1) is 24.0 Å². The van der Waals surface area contributed by atoms with Crippen LogP contribution in [-0.2, 0) is 10.0 Å². The summed E-state index contributed by atoms with van der Waals surface area (Å²) in [4.78, 5) is 4.82. The van der Waals surface area contributed by atoms with Gasteiger partial charge in [0, 0.05) is 32.2 Å². The first kappa shape index (κ1) is 25.9. The van der Waals surface area contributed by atoms with Crippen molar-refractivity contribution in [2.75, 3.05) is 32.4 Å². The third-order valence-corrected chi connectivity index (χ3v) is 7.74.